The maximum Gasteiger partial charge on any atom is 0.327 e. The summed E-state index contributed by atoms with van der Waals surface area (Å²) in [5.41, 5.74) is -0.761. The highest BCUT2D eigenvalue weighted by Gasteiger charge is 2.70. The Labute approximate surface area is 227 Å². The van der Waals surface area contributed by atoms with Crippen molar-refractivity contribution in [2.45, 2.75) is 26.1 Å². The number of hydrogen-bond acceptors (Lipinski definition) is 8. The largest absolute Gasteiger partial charge is 0.493 e. The van der Waals surface area contributed by atoms with Crippen molar-refractivity contribution in [1.82, 2.24) is 0 Å². The van der Waals surface area contributed by atoms with Crippen LogP contribution in [0.25, 0.3) is 0 Å². The van der Waals surface area contributed by atoms with Crippen LogP contribution < -0.4 is 9.47 Å². The molecule has 3 aromatic carbocycles. The Morgan fingerprint density at radius 3 is 1.85 bits per heavy atom. The molecule has 4 rings (SSSR count). The highest BCUT2D eigenvalue weighted by molar-refractivity contribution is 6.10. The number of ketones is 1. The number of carbonyl (C=O) groups excluding carboxylic acids is 3. The summed E-state index contributed by atoms with van der Waals surface area (Å²) in [5.74, 6) is -2.69. The first kappa shape index (κ1) is 27.9. The number of rotatable bonds is 10. The SMILES string of the molecule is CCOC(=O)C1(C(=O)OCC)[C@H](C(=O)c2ccccc2)[C@@H](c2ccccc2)O[C@H]1c1ccc(OC)c(OC)c1. The molecule has 0 radical (unpaired) electrons. The van der Waals surface area contributed by atoms with E-state index >= 15 is 0 Å². The number of esters is 2. The minimum absolute atomic E-state index is 0.0130. The first-order valence-electron chi connectivity index (χ1n) is 12.8. The molecule has 0 saturated carbocycles. The first-order chi connectivity index (χ1) is 18.9. The monoisotopic (exact) mass is 532 g/mol. The molecule has 1 heterocycles. The second kappa shape index (κ2) is 12.1. The van der Waals surface area contributed by atoms with E-state index in [1.165, 1.54) is 14.2 Å². The Hall–Kier alpha value is -4.17. The molecule has 0 unspecified atom stereocenters. The van der Waals surface area contributed by atoms with Crippen LogP contribution in [-0.4, -0.2) is 45.2 Å². The van der Waals surface area contributed by atoms with Gasteiger partial charge in [0.15, 0.2) is 17.3 Å². The van der Waals surface area contributed by atoms with Crippen molar-refractivity contribution in [2.24, 2.45) is 11.3 Å². The van der Waals surface area contributed by atoms with Crippen LogP contribution in [0.4, 0.5) is 0 Å². The Morgan fingerprint density at radius 2 is 1.31 bits per heavy atom. The summed E-state index contributed by atoms with van der Waals surface area (Å²) in [6.45, 7) is 3.25. The summed E-state index contributed by atoms with van der Waals surface area (Å²) in [6, 6.07) is 22.5. The van der Waals surface area contributed by atoms with E-state index in [1.54, 1.807) is 74.5 Å². The van der Waals surface area contributed by atoms with E-state index in [4.69, 9.17) is 23.7 Å². The molecule has 1 aliphatic rings. The van der Waals surface area contributed by atoms with Gasteiger partial charge in [-0.3, -0.25) is 14.4 Å². The zero-order valence-corrected chi connectivity index (χ0v) is 22.4. The maximum atomic E-state index is 14.3. The van der Waals surface area contributed by atoms with Gasteiger partial charge in [0.1, 0.15) is 6.10 Å². The van der Waals surface area contributed by atoms with Gasteiger partial charge in [-0.25, -0.2) is 0 Å². The molecule has 1 fully saturated rings. The Morgan fingerprint density at radius 1 is 0.744 bits per heavy atom. The van der Waals surface area contributed by atoms with E-state index in [9.17, 15) is 14.4 Å². The highest BCUT2D eigenvalue weighted by Crippen LogP contribution is 2.60. The molecule has 0 bridgehead atoms. The van der Waals surface area contributed by atoms with Crippen molar-refractivity contribution in [3.05, 3.63) is 95.6 Å². The predicted octanol–water partition coefficient (Wildman–Crippen LogP) is 5.13. The van der Waals surface area contributed by atoms with Crippen LogP contribution >= 0.6 is 0 Å². The lowest BCUT2D eigenvalue weighted by molar-refractivity contribution is -0.178. The van der Waals surface area contributed by atoms with E-state index in [2.05, 4.69) is 0 Å². The number of methoxy groups -OCH3 is 2. The molecule has 1 saturated heterocycles. The maximum absolute atomic E-state index is 14.3. The summed E-state index contributed by atoms with van der Waals surface area (Å²) < 4.78 is 28.5. The molecule has 1 aliphatic heterocycles. The van der Waals surface area contributed by atoms with Gasteiger partial charge in [0.25, 0.3) is 0 Å². The molecular formula is C31H32O8. The summed E-state index contributed by atoms with van der Waals surface area (Å²) in [6.07, 6.45) is -2.20. The van der Waals surface area contributed by atoms with Crippen molar-refractivity contribution < 1.29 is 38.1 Å². The molecule has 8 nitrogen and oxygen atoms in total. The summed E-state index contributed by atoms with van der Waals surface area (Å²) in [7, 11) is 2.99. The number of Topliss-reactive ketones (excluding diaryl/α,β-unsaturated/α-hetero) is 1. The van der Waals surface area contributed by atoms with Gasteiger partial charge in [-0.05, 0) is 37.1 Å². The van der Waals surface area contributed by atoms with Crippen molar-refractivity contribution in [2.75, 3.05) is 27.4 Å². The minimum Gasteiger partial charge on any atom is -0.493 e. The second-order valence-electron chi connectivity index (χ2n) is 8.98. The van der Waals surface area contributed by atoms with Crippen LogP contribution in [0.1, 0.15) is 47.5 Å². The number of ether oxygens (including phenoxy) is 5. The van der Waals surface area contributed by atoms with Gasteiger partial charge in [0.05, 0.1) is 39.5 Å². The van der Waals surface area contributed by atoms with E-state index in [0.717, 1.165) is 0 Å². The molecule has 204 valence electrons. The molecule has 8 heteroatoms. The van der Waals surface area contributed by atoms with Crippen molar-refractivity contribution in [3.8, 4) is 11.5 Å². The van der Waals surface area contributed by atoms with Crippen LogP contribution in [0.2, 0.25) is 0 Å². The van der Waals surface area contributed by atoms with Crippen molar-refractivity contribution in [1.29, 1.82) is 0 Å². The van der Waals surface area contributed by atoms with Gasteiger partial charge >= 0.3 is 11.9 Å². The van der Waals surface area contributed by atoms with E-state index in [1.807, 2.05) is 18.2 Å². The van der Waals surface area contributed by atoms with E-state index in [-0.39, 0.29) is 13.2 Å². The lowest BCUT2D eigenvalue weighted by Crippen LogP contribution is -2.51. The van der Waals surface area contributed by atoms with Gasteiger partial charge in [-0.15, -0.1) is 0 Å². The molecule has 0 aromatic heterocycles. The van der Waals surface area contributed by atoms with Crippen LogP contribution in [0.3, 0.4) is 0 Å². The topological polar surface area (TPSA) is 97.4 Å². The second-order valence-corrected chi connectivity index (χ2v) is 8.98. The van der Waals surface area contributed by atoms with Crippen molar-refractivity contribution >= 4 is 17.7 Å². The smallest absolute Gasteiger partial charge is 0.327 e. The third kappa shape index (κ3) is 5.00. The van der Waals surface area contributed by atoms with E-state index < -0.39 is 41.3 Å². The average molecular weight is 533 g/mol. The van der Waals surface area contributed by atoms with Crippen LogP contribution in [0.5, 0.6) is 11.5 Å². The Kier molecular flexibility index (Phi) is 8.66. The predicted molar refractivity (Wildman–Crippen MR) is 143 cm³/mol. The third-order valence-electron chi connectivity index (χ3n) is 6.90. The molecule has 0 amide bonds. The molecule has 3 aromatic rings. The van der Waals surface area contributed by atoms with Gasteiger partial charge < -0.3 is 23.7 Å². The summed E-state index contributed by atoms with van der Waals surface area (Å²) >= 11 is 0. The zero-order chi connectivity index (χ0) is 28.0. The van der Waals surface area contributed by atoms with Gasteiger partial charge in [0, 0.05) is 5.56 Å². The molecule has 0 aliphatic carbocycles. The molecule has 39 heavy (non-hydrogen) atoms. The van der Waals surface area contributed by atoms with E-state index in [0.29, 0.717) is 28.2 Å². The fraction of sp³-hybridized carbons (Fsp3) is 0.323. The normalized spacial score (nSPS) is 19.6. The fourth-order valence-electron chi connectivity index (χ4n) is 5.18. The van der Waals surface area contributed by atoms with Crippen LogP contribution in [-0.2, 0) is 23.8 Å². The number of benzene rings is 3. The Balaban J connectivity index is 2.04. The number of hydrogen-bond donors (Lipinski definition) is 0. The average Bonchev–Trinajstić information content (AvgIpc) is 3.34. The van der Waals surface area contributed by atoms with Crippen LogP contribution in [0, 0.1) is 11.3 Å². The quantitative estimate of drug-likeness (QED) is 0.201. The number of carbonyl (C=O) groups is 3. The minimum atomic E-state index is -2.15. The first-order valence-corrected chi connectivity index (χ1v) is 12.8. The zero-order valence-electron chi connectivity index (χ0n) is 22.4. The molecule has 0 spiro atoms. The summed E-state index contributed by atoms with van der Waals surface area (Å²) in [4.78, 5) is 42.4. The van der Waals surface area contributed by atoms with Gasteiger partial charge in [0.2, 0.25) is 5.41 Å². The Bertz CT molecular complexity index is 1290. The fourth-order valence-corrected chi connectivity index (χ4v) is 5.18. The van der Waals surface area contributed by atoms with Crippen LogP contribution in [0.15, 0.2) is 78.9 Å². The third-order valence-corrected chi connectivity index (χ3v) is 6.90. The molecular weight excluding hydrogens is 500 g/mol. The summed E-state index contributed by atoms with van der Waals surface area (Å²) in [5, 5.41) is 0. The van der Waals surface area contributed by atoms with Crippen molar-refractivity contribution in [3.63, 3.8) is 0 Å². The lowest BCUT2D eigenvalue weighted by atomic mass is 9.66. The van der Waals surface area contributed by atoms with Gasteiger partial charge in [-0.1, -0.05) is 66.7 Å². The van der Waals surface area contributed by atoms with Gasteiger partial charge in [-0.2, -0.15) is 0 Å². The molecule has 0 N–H and O–H groups in total. The highest BCUT2D eigenvalue weighted by atomic mass is 16.6. The lowest BCUT2D eigenvalue weighted by Gasteiger charge is -2.34. The molecule has 3 atom stereocenters. The standard InChI is InChI=1S/C31H32O8/c1-5-37-29(33)31(30(34)38-6-2)25(26(32)20-13-9-7-10-14-20)27(21-15-11-8-12-16-21)39-28(31)22-17-18-23(35-3)24(19-22)36-4/h7-19,25,27-28H,5-6H2,1-4H3/t25-,27-,28+/m1/s1.